The normalized spacial score (nSPS) is 17.5. The highest BCUT2D eigenvalue weighted by Gasteiger charge is 2.33. The molecule has 3 aromatic rings. The van der Waals surface area contributed by atoms with E-state index in [0.29, 0.717) is 31.3 Å². The van der Waals surface area contributed by atoms with Crippen LogP contribution in [-0.2, 0) is 18.0 Å². The first-order chi connectivity index (χ1) is 18.4. The number of hydrogen-bond acceptors (Lipinski definition) is 7. The molecule has 39 heavy (non-hydrogen) atoms. The highest BCUT2D eigenvalue weighted by molar-refractivity contribution is 8.24. The number of hydrogen-bond donors (Lipinski definition) is 5. The number of halogens is 3. The predicted octanol–water partition coefficient (Wildman–Crippen LogP) is 3.28. The SMILES string of the molecule is Cn1ccc(C#CC(=O)Nc2cc(-c3ncc(C(F)(F)F)[nH]3)ccc2OCCC2CNCCS2(O)O)cc1=O. The Morgan fingerprint density at radius 2 is 2.10 bits per heavy atom. The smallest absolute Gasteiger partial charge is 0.432 e. The molecule has 14 heteroatoms. The Morgan fingerprint density at radius 1 is 1.31 bits per heavy atom. The third kappa shape index (κ3) is 7.21. The van der Waals surface area contributed by atoms with Crippen molar-refractivity contribution in [1.82, 2.24) is 19.9 Å². The molecule has 208 valence electrons. The topological polar surface area (TPSA) is 142 Å². The number of ether oxygens (including phenoxy) is 1. The van der Waals surface area contributed by atoms with E-state index in [4.69, 9.17) is 4.74 Å². The molecule has 0 bridgehead atoms. The molecule has 1 aliphatic rings. The number of nitrogens with one attached hydrogen (secondary N) is 3. The average molecular weight is 566 g/mol. The standard InChI is InChI=1S/C25H26F3N5O5S/c1-33-9-6-16(12-23(33)35)2-5-22(34)31-19-13-17(24-30-15-21(32-24)25(26,27)28)3-4-20(19)38-10-7-18-14-29-8-11-39(18,36)37/h3-4,6,9,12-13,15,18,29,36-37H,7-8,10-11,14H2,1H3,(H,30,32)(H,31,34). The molecular formula is C25H26F3N5O5S. The number of pyridine rings is 1. The Morgan fingerprint density at radius 3 is 2.79 bits per heavy atom. The van der Waals surface area contributed by atoms with E-state index in [1.165, 1.54) is 35.0 Å². The molecule has 0 radical (unpaired) electrons. The molecule has 10 nitrogen and oxygen atoms in total. The van der Waals surface area contributed by atoms with Crippen LogP contribution in [0.25, 0.3) is 11.4 Å². The molecule has 1 amide bonds. The highest BCUT2D eigenvalue weighted by atomic mass is 32.3. The minimum atomic E-state index is -4.61. The van der Waals surface area contributed by atoms with Crippen LogP contribution in [0, 0.1) is 11.8 Å². The molecule has 1 fully saturated rings. The molecule has 3 heterocycles. The molecule has 1 saturated heterocycles. The van der Waals surface area contributed by atoms with E-state index in [9.17, 15) is 31.9 Å². The second-order valence-electron chi connectivity index (χ2n) is 8.81. The third-order valence-corrected chi connectivity index (χ3v) is 8.26. The van der Waals surface area contributed by atoms with Gasteiger partial charge in [-0.1, -0.05) is 5.92 Å². The van der Waals surface area contributed by atoms with Crippen LogP contribution in [0.3, 0.4) is 0 Å². The summed E-state index contributed by atoms with van der Waals surface area (Å²) in [4.78, 5) is 30.4. The quantitative estimate of drug-likeness (QED) is 0.289. The summed E-state index contributed by atoms with van der Waals surface area (Å²) in [6.07, 6.45) is -2.11. The number of H-pyrrole nitrogens is 1. The van der Waals surface area contributed by atoms with Crippen LogP contribution >= 0.6 is 10.6 Å². The summed E-state index contributed by atoms with van der Waals surface area (Å²) in [5, 5.41) is 5.27. The van der Waals surface area contributed by atoms with E-state index >= 15 is 0 Å². The second-order valence-corrected chi connectivity index (χ2v) is 11.3. The van der Waals surface area contributed by atoms with Crippen molar-refractivity contribution >= 4 is 22.2 Å². The summed E-state index contributed by atoms with van der Waals surface area (Å²) in [6.45, 7) is 1.02. The lowest BCUT2D eigenvalue weighted by Gasteiger charge is -2.43. The molecular weight excluding hydrogens is 539 g/mol. The zero-order valence-electron chi connectivity index (χ0n) is 20.7. The summed E-state index contributed by atoms with van der Waals surface area (Å²) in [5.41, 5.74) is -0.628. The number of aryl methyl sites for hydroxylation is 1. The highest BCUT2D eigenvalue weighted by Crippen LogP contribution is 2.46. The summed E-state index contributed by atoms with van der Waals surface area (Å²) < 4.78 is 66.8. The van der Waals surface area contributed by atoms with Crippen molar-refractivity contribution in [3.05, 3.63) is 64.3 Å². The monoisotopic (exact) mass is 565 g/mol. The molecule has 5 N–H and O–H groups in total. The molecule has 0 saturated carbocycles. The molecule has 0 spiro atoms. The van der Waals surface area contributed by atoms with Crippen LogP contribution in [0.4, 0.5) is 18.9 Å². The number of nitrogens with zero attached hydrogens (tertiary/aromatic N) is 2. The summed E-state index contributed by atoms with van der Waals surface area (Å²) >= 11 is 0. The van der Waals surface area contributed by atoms with Crippen molar-refractivity contribution in [1.29, 1.82) is 0 Å². The van der Waals surface area contributed by atoms with Gasteiger partial charge in [0, 0.05) is 55.9 Å². The Kier molecular flexibility index (Phi) is 8.36. The van der Waals surface area contributed by atoms with Crippen molar-refractivity contribution in [2.24, 2.45) is 7.05 Å². The van der Waals surface area contributed by atoms with Gasteiger partial charge in [0.25, 0.3) is 5.56 Å². The van der Waals surface area contributed by atoms with Gasteiger partial charge in [0.1, 0.15) is 17.3 Å². The van der Waals surface area contributed by atoms with E-state index < -0.39 is 33.6 Å². The number of amides is 1. The Labute approximate surface area is 223 Å². The van der Waals surface area contributed by atoms with E-state index in [1.807, 2.05) is 0 Å². The number of aromatic amines is 1. The fourth-order valence-corrected chi connectivity index (χ4v) is 5.43. The summed E-state index contributed by atoms with van der Waals surface area (Å²) in [6, 6.07) is 7.17. The van der Waals surface area contributed by atoms with E-state index in [-0.39, 0.29) is 40.7 Å². The largest absolute Gasteiger partial charge is 0.491 e. The van der Waals surface area contributed by atoms with Crippen molar-refractivity contribution in [2.75, 3.05) is 30.8 Å². The number of alkyl halides is 3. The molecule has 1 atom stereocenters. The molecule has 1 unspecified atom stereocenters. The lowest BCUT2D eigenvalue weighted by atomic mass is 10.1. The van der Waals surface area contributed by atoms with Gasteiger partial charge in [0.05, 0.1) is 29.5 Å². The Balaban J connectivity index is 1.55. The van der Waals surface area contributed by atoms with Crippen LogP contribution in [-0.4, -0.2) is 60.2 Å². The minimum Gasteiger partial charge on any atom is -0.491 e. The van der Waals surface area contributed by atoms with Gasteiger partial charge in [-0.25, -0.2) is 4.98 Å². The lowest BCUT2D eigenvalue weighted by molar-refractivity contribution is -0.140. The number of carbonyl (C=O) groups is 1. The first-order valence-electron chi connectivity index (χ1n) is 11.8. The fourth-order valence-electron chi connectivity index (χ4n) is 3.80. The summed E-state index contributed by atoms with van der Waals surface area (Å²) in [7, 11) is -1.18. The predicted molar refractivity (Wildman–Crippen MR) is 141 cm³/mol. The number of aromatic nitrogens is 3. The van der Waals surface area contributed by atoms with Gasteiger partial charge in [-0.3, -0.25) is 18.7 Å². The zero-order valence-corrected chi connectivity index (χ0v) is 21.5. The lowest BCUT2D eigenvalue weighted by Crippen LogP contribution is -2.41. The van der Waals surface area contributed by atoms with Gasteiger partial charge in [-0.2, -0.15) is 23.8 Å². The van der Waals surface area contributed by atoms with E-state index in [2.05, 4.69) is 32.4 Å². The second kappa shape index (κ2) is 11.5. The minimum absolute atomic E-state index is 0.0715. The van der Waals surface area contributed by atoms with Gasteiger partial charge >= 0.3 is 12.1 Å². The van der Waals surface area contributed by atoms with Crippen LogP contribution in [0.2, 0.25) is 0 Å². The number of imidazole rings is 1. The molecule has 2 aromatic heterocycles. The maximum absolute atomic E-state index is 13.0. The number of carbonyl (C=O) groups excluding carboxylic acids is 1. The van der Waals surface area contributed by atoms with Crippen LogP contribution in [0.15, 0.2) is 47.5 Å². The van der Waals surface area contributed by atoms with E-state index in [1.54, 1.807) is 13.1 Å². The Bertz CT molecular complexity index is 1470. The molecule has 1 aliphatic heterocycles. The van der Waals surface area contributed by atoms with Crippen LogP contribution in [0.5, 0.6) is 5.75 Å². The average Bonchev–Trinajstić information content (AvgIpc) is 3.38. The number of rotatable bonds is 6. The van der Waals surface area contributed by atoms with Gasteiger partial charge < -0.3 is 24.9 Å². The summed E-state index contributed by atoms with van der Waals surface area (Å²) in [5.74, 6) is 4.60. The van der Waals surface area contributed by atoms with E-state index in [0.717, 1.165) is 0 Å². The van der Waals surface area contributed by atoms with Gasteiger partial charge in [-0.05, 0) is 24.3 Å². The van der Waals surface area contributed by atoms with Gasteiger partial charge in [0.2, 0.25) is 0 Å². The molecule has 0 aliphatic carbocycles. The van der Waals surface area contributed by atoms with Crippen molar-refractivity contribution in [3.63, 3.8) is 0 Å². The zero-order chi connectivity index (χ0) is 28.2. The third-order valence-electron chi connectivity index (χ3n) is 5.99. The van der Waals surface area contributed by atoms with Crippen LogP contribution < -0.4 is 20.9 Å². The first kappa shape index (κ1) is 28.2. The number of benzene rings is 1. The maximum Gasteiger partial charge on any atom is 0.432 e. The van der Waals surface area contributed by atoms with Crippen molar-refractivity contribution < 1.29 is 31.8 Å². The fraction of sp³-hybridized carbons (Fsp3) is 0.320. The van der Waals surface area contributed by atoms with Gasteiger partial charge in [-0.15, -0.1) is 0 Å². The Hall–Kier alpha value is -3.77. The first-order valence-corrected chi connectivity index (χ1v) is 13.5. The van der Waals surface area contributed by atoms with Crippen molar-refractivity contribution in [2.45, 2.75) is 17.8 Å². The maximum atomic E-state index is 13.0. The van der Waals surface area contributed by atoms with Crippen molar-refractivity contribution in [3.8, 4) is 29.0 Å². The molecule has 1 aromatic carbocycles. The number of anilines is 1. The van der Waals surface area contributed by atoms with Crippen LogP contribution in [0.1, 0.15) is 17.7 Å². The van der Waals surface area contributed by atoms with Gasteiger partial charge in [0.15, 0.2) is 0 Å². The molecule has 4 rings (SSSR count).